The molecule has 1 heterocycles. The molecule has 0 bridgehead atoms. The first kappa shape index (κ1) is 12.6. The largest absolute Gasteiger partial charge is 0.381 e. The fraction of sp³-hybridized carbons (Fsp3) is 0.308. The number of nitrogens with two attached hydrogens (primary N) is 1. The number of aromatic nitrogens is 1. The van der Waals surface area contributed by atoms with E-state index in [-0.39, 0.29) is 5.82 Å². The standard InChI is InChI=1S/C13H16FN3O/c14-11-4-1-3-10(7-11)8-13-12(9-17-18-13)16-6-2-5-15/h1,3-4,7,9,16H,2,5-6,8,15H2. The van der Waals surface area contributed by atoms with Crippen LogP contribution in [0.2, 0.25) is 0 Å². The Balaban J connectivity index is 2.03. The van der Waals surface area contributed by atoms with Gasteiger partial charge in [-0.3, -0.25) is 0 Å². The number of benzene rings is 1. The van der Waals surface area contributed by atoms with Crippen molar-refractivity contribution in [3.8, 4) is 0 Å². The highest BCUT2D eigenvalue weighted by atomic mass is 19.1. The summed E-state index contributed by atoms with van der Waals surface area (Å²) in [7, 11) is 0. The molecular formula is C13H16FN3O. The first-order valence-corrected chi connectivity index (χ1v) is 5.91. The third-order valence-electron chi connectivity index (χ3n) is 2.60. The van der Waals surface area contributed by atoms with Crippen molar-refractivity contribution in [3.05, 3.63) is 47.6 Å². The first-order valence-electron chi connectivity index (χ1n) is 5.91. The number of halogens is 1. The zero-order valence-electron chi connectivity index (χ0n) is 10.0. The van der Waals surface area contributed by atoms with Gasteiger partial charge < -0.3 is 15.6 Å². The minimum Gasteiger partial charge on any atom is -0.381 e. The third-order valence-corrected chi connectivity index (χ3v) is 2.60. The highest BCUT2D eigenvalue weighted by Crippen LogP contribution is 2.19. The quantitative estimate of drug-likeness (QED) is 0.770. The van der Waals surface area contributed by atoms with Gasteiger partial charge in [-0.15, -0.1) is 0 Å². The van der Waals surface area contributed by atoms with Crippen LogP contribution in [0.5, 0.6) is 0 Å². The zero-order valence-corrected chi connectivity index (χ0v) is 10.0. The molecule has 0 aliphatic carbocycles. The molecule has 0 radical (unpaired) electrons. The molecular weight excluding hydrogens is 233 g/mol. The van der Waals surface area contributed by atoms with Crippen molar-refractivity contribution in [1.29, 1.82) is 0 Å². The molecule has 0 saturated heterocycles. The van der Waals surface area contributed by atoms with Gasteiger partial charge in [0.1, 0.15) is 5.82 Å². The van der Waals surface area contributed by atoms with Crippen LogP contribution in [0.15, 0.2) is 35.0 Å². The van der Waals surface area contributed by atoms with Crippen molar-refractivity contribution >= 4 is 5.69 Å². The molecule has 4 nitrogen and oxygen atoms in total. The summed E-state index contributed by atoms with van der Waals surface area (Å²) >= 11 is 0. The van der Waals surface area contributed by atoms with E-state index in [4.69, 9.17) is 10.3 Å². The number of rotatable bonds is 6. The summed E-state index contributed by atoms with van der Waals surface area (Å²) in [5.74, 6) is 0.460. The summed E-state index contributed by atoms with van der Waals surface area (Å²) < 4.78 is 18.2. The van der Waals surface area contributed by atoms with Crippen molar-refractivity contribution in [2.24, 2.45) is 5.73 Å². The van der Waals surface area contributed by atoms with Crippen molar-refractivity contribution in [2.75, 3.05) is 18.4 Å². The Morgan fingerprint density at radius 2 is 2.28 bits per heavy atom. The van der Waals surface area contributed by atoms with Gasteiger partial charge in [0.25, 0.3) is 0 Å². The number of hydrogen-bond donors (Lipinski definition) is 2. The molecule has 2 rings (SSSR count). The van der Waals surface area contributed by atoms with Crippen LogP contribution < -0.4 is 11.1 Å². The average molecular weight is 249 g/mol. The van der Waals surface area contributed by atoms with Gasteiger partial charge in [-0.25, -0.2) is 4.39 Å². The Morgan fingerprint density at radius 1 is 1.39 bits per heavy atom. The zero-order chi connectivity index (χ0) is 12.8. The molecule has 5 heteroatoms. The summed E-state index contributed by atoms with van der Waals surface area (Å²) in [6.45, 7) is 1.41. The van der Waals surface area contributed by atoms with Gasteiger partial charge in [0.05, 0.1) is 11.9 Å². The number of nitrogens with zero attached hydrogens (tertiary/aromatic N) is 1. The second-order valence-electron chi connectivity index (χ2n) is 4.04. The van der Waals surface area contributed by atoms with Gasteiger partial charge in [-0.05, 0) is 30.7 Å². The monoisotopic (exact) mass is 249 g/mol. The van der Waals surface area contributed by atoms with Crippen LogP contribution >= 0.6 is 0 Å². The molecule has 0 saturated carbocycles. The van der Waals surface area contributed by atoms with E-state index < -0.39 is 0 Å². The molecule has 2 aromatic rings. The topological polar surface area (TPSA) is 64.1 Å². The minimum absolute atomic E-state index is 0.246. The first-order chi connectivity index (χ1) is 8.79. The Bertz CT molecular complexity index is 498. The van der Waals surface area contributed by atoms with Crippen LogP contribution in [0.3, 0.4) is 0 Å². The lowest BCUT2D eigenvalue weighted by molar-refractivity contribution is 0.390. The van der Waals surface area contributed by atoms with Gasteiger partial charge in [0, 0.05) is 13.0 Å². The molecule has 0 spiro atoms. The molecule has 0 aliphatic rings. The van der Waals surface area contributed by atoms with E-state index in [2.05, 4.69) is 10.5 Å². The third kappa shape index (κ3) is 3.30. The highest BCUT2D eigenvalue weighted by Gasteiger charge is 2.08. The summed E-state index contributed by atoms with van der Waals surface area (Å²) in [4.78, 5) is 0. The molecule has 1 aromatic carbocycles. The van der Waals surface area contributed by atoms with E-state index in [1.165, 1.54) is 12.1 Å². The van der Waals surface area contributed by atoms with Crippen LogP contribution in [0.4, 0.5) is 10.1 Å². The summed E-state index contributed by atoms with van der Waals surface area (Å²) in [6.07, 6.45) is 3.03. The Labute approximate surface area is 105 Å². The molecule has 0 fully saturated rings. The smallest absolute Gasteiger partial charge is 0.164 e. The molecule has 0 unspecified atom stereocenters. The fourth-order valence-corrected chi connectivity index (χ4v) is 1.69. The summed E-state index contributed by atoms with van der Waals surface area (Å²) in [5.41, 5.74) is 7.12. The van der Waals surface area contributed by atoms with E-state index in [0.29, 0.717) is 18.7 Å². The van der Waals surface area contributed by atoms with Gasteiger partial charge in [0.2, 0.25) is 0 Å². The Kier molecular flexibility index (Phi) is 4.30. The highest BCUT2D eigenvalue weighted by molar-refractivity contribution is 5.46. The van der Waals surface area contributed by atoms with Crippen molar-refractivity contribution < 1.29 is 8.91 Å². The molecule has 1 aromatic heterocycles. The van der Waals surface area contributed by atoms with E-state index in [1.54, 1.807) is 12.3 Å². The van der Waals surface area contributed by atoms with E-state index >= 15 is 0 Å². The van der Waals surface area contributed by atoms with Gasteiger partial charge in [0.15, 0.2) is 5.76 Å². The SMILES string of the molecule is NCCCNc1cnoc1Cc1cccc(F)c1. The van der Waals surface area contributed by atoms with E-state index in [1.807, 2.05) is 6.07 Å². The van der Waals surface area contributed by atoms with Crippen LogP contribution in [0.1, 0.15) is 17.7 Å². The summed E-state index contributed by atoms with van der Waals surface area (Å²) in [5, 5.41) is 6.96. The van der Waals surface area contributed by atoms with Crippen LogP contribution in [-0.2, 0) is 6.42 Å². The maximum absolute atomic E-state index is 13.1. The van der Waals surface area contributed by atoms with Gasteiger partial charge in [-0.2, -0.15) is 0 Å². The maximum atomic E-state index is 13.1. The molecule has 0 aliphatic heterocycles. The minimum atomic E-state index is -0.246. The van der Waals surface area contributed by atoms with Crippen molar-refractivity contribution in [2.45, 2.75) is 12.8 Å². The lowest BCUT2D eigenvalue weighted by Gasteiger charge is -2.04. The lowest BCUT2D eigenvalue weighted by atomic mass is 10.1. The Morgan fingerprint density at radius 3 is 3.06 bits per heavy atom. The van der Waals surface area contributed by atoms with Crippen LogP contribution in [-0.4, -0.2) is 18.2 Å². The second kappa shape index (κ2) is 6.16. The van der Waals surface area contributed by atoms with Gasteiger partial charge >= 0.3 is 0 Å². The predicted molar refractivity (Wildman–Crippen MR) is 67.9 cm³/mol. The number of hydrogen-bond acceptors (Lipinski definition) is 4. The molecule has 0 amide bonds. The average Bonchev–Trinajstić information content (AvgIpc) is 2.77. The second-order valence-corrected chi connectivity index (χ2v) is 4.04. The normalized spacial score (nSPS) is 10.6. The predicted octanol–water partition coefficient (Wildman–Crippen LogP) is 2.17. The maximum Gasteiger partial charge on any atom is 0.164 e. The van der Waals surface area contributed by atoms with Gasteiger partial charge in [-0.1, -0.05) is 17.3 Å². The van der Waals surface area contributed by atoms with Crippen molar-refractivity contribution in [3.63, 3.8) is 0 Å². The summed E-state index contributed by atoms with van der Waals surface area (Å²) in [6, 6.07) is 6.45. The van der Waals surface area contributed by atoms with Crippen LogP contribution in [0.25, 0.3) is 0 Å². The van der Waals surface area contributed by atoms with E-state index in [9.17, 15) is 4.39 Å². The van der Waals surface area contributed by atoms with E-state index in [0.717, 1.165) is 24.2 Å². The lowest BCUT2D eigenvalue weighted by Crippen LogP contribution is -2.09. The molecule has 18 heavy (non-hydrogen) atoms. The fourth-order valence-electron chi connectivity index (χ4n) is 1.69. The van der Waals surface area contributed by atoms with Crippen molar-refractivity contribution in [1.82, 2.24) is 5.16 Å². The van der Waals surface area contributed by atoms with Crippen LogP contribution in [0, 0.1) is 5.82 Å². The number of anilines is 1. The number of nitrogens with one attached hydrogen (secondary N) is 1. The molecule has 3 N–H and O–H groups in total. The Hall–Kier alpha value is -1.88. The molecule has 96 valence electrons. The molecule has 0 atom stereocenters.